The largest absolute Gasteiger partial charge is 0.490 e. The van der Waals surface area contributed by atoms with Crippen molar-refractivity contribution in [2.75, 3.05) is 19.8 Å². The van der Waals surface area contributed by atoms with Gasteiger partial charge in [-0.2, -0.15) is 0 Å². The van der Waals surface area contributed by atoms with Crippen molar-refractivity contribution >= 4 is 0 Å². The number of fused-ring (bicyclic) bond motifs is 3. The van der Waals surface area contributed by atoms with Crippen molar-refractivity contribution in [2.24, 2.45) is 22.2 Å². The fourth-order valence-electron chi connectivity index (χ4n) is 9.31. The van der Waals surface area contributed by atoms with Gasteiger partial charge in [0.05, 0.1) is 13.2 Å². The van der Waals surface area contributed by atoms with Gasteiger partial charge in [0.1, 0.15) is 12.4 Å². The molecular formula is C27H36O3. The topological polar surface area (TPSA) is 27.7 Å². The minimum atomic E-state index is -0.378. The Balaban J connectivity index is 1.36. The lowest BCUT2D eigenvalue weighted by atomic mass is 9.46. The fourth-order valence-corrected chi connectivity index (χ4v) is 9.31. The number of aryl methyl sites for hydroxylation is 1. The lowest BCUT2D eigenvalue weighted by molar-refractivity contribution is -0.257. The molecule has 6 rings (SSSR count). The number of hydrogen-bond acceptors (Lipinski definition) is 3. The third-order valence-electron chi connectivity index (χ3n) is 10.6. The van der Waals surface area contributed by atoms with Gasteiger partial charge in [0.2, 0.25) is 0 Å². The van der Waals surface area contributed by atoms with Gasteiger partial charge in [0.15, 0.2) is 5.79 Å². The predicted octanol–water partition coefficient (Wildman–Crippen LogP) is 6.02. The molecule has 4 fully saturated rings. The van der Waals surface area contributed by atoms with Gasteiger partial charge in [0.25, 0.3) is 0 Å². The number of rotatable bonds is 4. The van der Waals surface area contributed by atoms with E-state index in [1.54, 1.807) is 5.56 Å². The van der Waals surface area contributed by atoms with E-state index in [2.05, 4.69) is 38.6 Å². The molecule has 0 amide bonds. The summed E-state index contributed by atoms with van der Waals surface area (Å²) < 4.78 is 18.5. The molecule has 1 heterocycles. The second-order valence-corrected chi connectivity index (χ2v) is 11.0. The van der Waals surface area contributed by atoms with E-state index < -0.39 is 0 Å². The zero-order valence-corrected chi connectivity index (χ0v) is 18.7. The highest BCUT2D eigenvalue weighted by Gasteiger charge is 2.78. The molecular weight excluding hydrogens is 372 g/mol. The van der Waals surface area contributed by atoms with Crippen LogP contribution in [0.15, 0.2) is 30.9 Å². The van der Waals surface area contributed by atoms with E-state index in [-0.39, 0.29) is 11.2 Å². The molecule has 2 bridgehead atoms. The Morgan fingerprint density at radius 3 is 2.57 bits per heavy atom. The van der Waals surface area contributed by atoms with Gasteiger partial charge in [-0.3, -0.25) is 0 Å². The Morgan fingerprint density at radius 2 is 1.83 bits per heavy atom. The van der Waals surface area contributed by atoms with Crippen LogP contribution in [-0.2, 0) is 15.9 Å². The molecule has 0 unspecified atom stereocenters. The van der Waals surface area contributed by atoms with Crippen molar-refractivity contribution in [1.29, 1.82) is 0 Å². The van der Waals surface area contributed by atoms with Gasteiger partial charge in [-0.25, -0.2) is 0 Å². The van der Waals surface area contributed by atoms with E-state index in [1.165, 1.54) is 56.9 Å². The summed E-state index contributed by atoms with van der Waals surface area (Å²) in [7, 11) is 0. The average molecular weight is 409 g/mol. The molecule has 0 N–H and O–H groups in total. The molecule has 3 heteroatoms. The smallest absolute Gasteiger partial charge is 0.171 e. The van der Waals surface area contributed by atoms with Gasteiger partial charge in [0, 0.05) is 5.41 Å². The van der Waals surface area contributed by atoms with E-state index in [9.17, 15) is 0 Å². The van der Waals surface area contributed by atoms with E-state index in [0.717, 1.165) is 24.9 Å². The van der Waals surface area contributed by atoms with Gasteiger partial charge >= 0.3 is 0 Å². The lowest BCUT2D eigenvalue weighted by Gasteiger charge is -2.59. The van der Waals surface area contributed by atoms with Crippen LogP contribution < -0.4 is 4.74 Å². The number of ether oxygens (including phenoxy) is 3. The summed E-state index contributed by atoms with van der Waals surface area (Å²) in [5, 5.41) is 0. The summed E-state index contributed by atoms with van der Waals surface area (Å²) in [4.78, 5) is 0. The summed E-state index contributed by atoms with van der Waals surface area (Å²) >= 11 is 0. The Morgan fingerprint density at radius 1 is 1.07 bits per heavy atom. The quantitative estimate of drug-likeness (QED) is 0.570. The minimum Gasteiger partial charge on any atom is -0.490 e. The SMILES string of the molecule is C=CCOc1ccc2c(c1)CC[C@@H]1[C@@H]2CC[C@@]2(C)C13CCC2(C1(C)OCCO1)CC3. The van der Waals surface area contributed by atoms with Crippen LogP contribution in [0.1, 0.15) is 75.8 Å². The summed E-state index contributed by atoms with van der Waals surface area (Å²) in [6, 6.07) is 6.87. The van der Waals surface area contributed by atoms with Crippen LogP contribution in [0.2, 0.25) is 0 Å². The lowest BCUT2D eigenvalue weighted by Crippen LogP contribution is -2.56. The molecule has 0 aromatic heterocycles. The first kappa shape index (κ1) is 19.4. The predicted molar refractivity (Wildman–Crippen MR) is 118 cm³/mol. The standard InChI is InChI=1S/C27H36O3/c1-4-15-28-20-6-7-21-19(18-20)5-8-23-22(21)9-10-24(2)26(23)11-13-27(24,14-12-26)25(3)29-16-17-30-25/h4,6-7,18,22-23H,1,5,8-17H2,2-3H3/t22-,23-,24+,26?,27?/m1/s1. The number of benzene rings is 1. The molecule has 30 heavy (non-hydrogen) atoms. The maximum Gasteiger partial charge on any atom is 0.171 e. The Bertz CT molecular complexity index is 859. The van der Waals surface area contributed by atoms with Crippen molar-refractivity contribution in [3.05, 3.63) is 42.0 Å². The fraction of sp³-hybridized carbons (Fsp3) is 0.704. The zero-order valence-electron chi connectivity index (χ0n) is 18.7. The number of hydrogen-bond donors (Lipinski definition) is 0. The molecule has 5 aliphatic rings. The molecule has 1 saturated heterocycles. The summed E-state index contributed by atoms with van der Waals surface area (Å²) in [6.45, 7) is 10.8. The molecule has 3 nitrogen and oxygen atoms in total. The molecule has 1 aromatic carbocycles. The van der Waals surface area contributed by atoms with Crippen LogP contribution in [0.25, 0.3) is 0 Å². The van der Waals surface area contributed by atoms with Crippen molar-refractivity contribution in [1.82, 2.24) is 0 Å². The monoisotopic (exact) mass is 408 g/mol. The average Bonchev–Trinajstić information content (AvgIpc) is 3.41. The van der Waals surface area contributed by atoms with E-state index in [0.29, 0.717) is 23.4 Å². The first-order chi connectivity index (χ1) is 14.5. The maximum absolute atomic E-state index is 6.35. The van der Waals surface area contributed by atoms with Crippen LogP contribution in [-0.4, -0.2) is 25.6 Å². The first-order valence-electron chi connectivity index (χ1n) is 12.1. The minimum absolute atomic E-state index is 0.199. The molecule has 1 aromatic rings. The Labute approximate surface area is 181 Å². The normalized spacial score (nSPS) is 43.0. The first-order valence-corrected chi connectivity index (χ1v) is 12.1. The highest BCUT2D eigenvalue weighted by atomic mass is 16.7. The van der Waals surface area contributed by atoms with Crippen molar-refractivity contribution in [3.63, 3.8) is 0 Å². The zero-order chi connectivity index (χ0) is 20.6. The molecule has 0 spiro atoms. The third-order valence-corrected chi connectivity index (χ3v) is 10.6. The Kier molecular flexibility index (Phi) is 4.10. The third kappa shape index (κ3) is 2.14. The molecule has 162 valence electrons. The second-order valence-electron chi connectivity index (χ2n) is 11.0. The van der Waals surface area contributed by atoms with Crippen LogP contribution in [0.5, 0.6) is 5.75 Å². The van der Waals surface area contributed by atoms with Crippen molar-refractivity contribution < 1.29 is 14.2 Å². The van der Waals surface area contributed by atoms with Gasteiger partial charge < -0.3 is 14.2 Å². The molecule has 3 atom stereocenters. The van der Waals surface area contributed by atoms with E-state index in [4.69, 9.17) is 14.2 Å². The van der Waals surface area contributed by atoms with Crippen LogP contribution in [0.3, 0.4) is 0 Å². The molecule has 3 saturated carbocycles. The van der Waals surface area contributed by atoms with Crippen LogP contribution in [0.4, 0.5) is 0 Å². The highest BCUT2D eigenvalue weighted by molar-refractivity contribution is 5.42. The molecule has 1 aliphatic heterocycles. The summed E-state index contributed by atoms with van der Waals surface area (Å²) in [6.07, 6.45) is 12.2. The van der Waals surface area contributed by atoms with Crippen LogP contribution >= 0.6 is 0 Å². The summed E-state index contributed by atoms with van der Waals surface area (Å²) in [5.74, 6) is 2.13. The highest BCUT2D eigenvalue weighted by Crippen LogP contribution is 2.83. The van der Waals surface area contributed by atoms with Crippen LogP contribution in [0, 0.1) is 22.2 Å². The Hall–Kier alpha value is -1.32. The second kappa shape index (κ2) is 6.36. The van der Waals surface area contributed by atoms with Gasteiger partial charge in [-0.15, -0.1) is 0 Å². The molecule has 0 radical (unpaired) electrons. The van der Waals surface area contributed by atoms with E-state index in [1.807, 2.05) is 6.08 Å². The summed E-state index contributed by atoms with van der Waals surface area (Å²) in [5.41, 5.74) is 4.13. The van der Waals surface area contributed by atoms with Crippen molar-refractivity contribution in [2.45, 2.75) is 76.9 Å². The molecule has 4 aliphatic carbocycles. The van der Waals surface area contributed by atoms with E-state index >= 15 is 0 Å². The van der Waals surface area contributed by atoms with Gasteiger partial charge in [-0.1, -0.05) is 25.6 Å². The maximum atomic E-state index is 6.35. The van der Waals surface area contributed by atoms with Crippen molar-refractivity contribution in [3.8, 4) is 5.75 Å². The van der Waals surface area contributed by atoms with Gasteiger partial charge in [-0.05, 0) is 104 Å².